The van der Waals surface area contributed by atoms with Crippen molar-refractivity contribution in [2.45, 2.75) is 52.2 Å². The molecule has 0 aliphatic heterocycles. The number of ether oxygens (including phenoxy) is 2. The summed E-state index contributed by atoms with van der Waals surface area (Å²) in [5, 5.41) is 3.35. The number of nitrogens with one attached hydrogen (secondary N) is 1. The molecule has 3 nitrogen and oxygen atoms in total. The smallest absolute Gasteiger partial charge is 0.0675 e. The summed E-state index contributed by atoms with van der Waals surface area (Å²) >= 11 is 0. The molecule has 3 unspecified atom stereocenters. The molecule has 0 spiro atoms. The van der Waals surface area contributed by atoms with Crippen LogP contribution in [0.2, 0.25) is 0 Å². The molecule has 0 aromatic rings. The Morgan fingerprint density at radius 1 is 1.18 bits per heavy atom. The van der Waals surface area contributed by atoms with Crippen molar-refractivity contribution in [2.75, 3.05) is 26.8 Å². The molecule has 0 heterocycles. The summed E-state index contributed by atoms with van der Waals surface area (Å²) in [7, 11) is 1.73. The fraction of sp³-hybridized carbons (Fsp3) is 1.00. The molecule has 102 valence electrons. The normalized spacial score (nSPS) is 31.4. The van der Waals surface area contributed by atoms with E-state index < -0.39 is 0 Å². The topological polar surface area (TPSA) is 30.5 Å². The van der Waals surface area contributed by atoms with Gasteiger partial charge in [-0.3, -0.25) is 0 Å². The minimum atomic E-state index is 0.300. The van der Waals surface area contributed by atoms with Gasteiger partial charge in [0.1, 0.15) is 0 Å². The average molecular weight is 243 g/mol. The summed E-state index contributed by atoms with van der Waals surface area (Å²) in [5.41, 5.74) is 0. The first-order chi connectivity index (χ1) is 8.11. The molecular weight excluding hydrogens is 214 g/mol. The fourth-order valence-corrected chi connectivity index (χ4v) is 2.84. The molecule has 0 saturated heterocycles. The van der Waals surface area contributed by atoms with E-state index in [0.29, 0.717) is 12.2 Å². The second kappa shape index (κ2) is 8.06. The standard InChI is InChI=1S/C14H29NO2/c1-11-7-12(2)9-14(8-11)17-13(3)10-15-5-6-16-4/h11-15H,5-10H2,1-4H3. The Kier molecular flexibility index (Phi) is 7.09. The predicted molar refractivity (Wildman–Crippen MR) is 71.3 cm³/mol. The van der Waals surface area contributed by atoms with Gasteiger partial charge in [0.05, 0.1) is 18.8 Å². The van der Waals surface area contributed by atoms with Crippen molar-refractivity contribution in [1.29, 1.82) is 0 Å². The Morgan fingerprint density at radius 3 is 2.41 bits per heavy atom. The van der Waals surface area contributed by atoms with Gasteiger partial charge in [0.2, 0.25) is 0 Å². The molecule has 0 radical (unpaired) electrons. The van der Waals surface area contributed by atoms with Gasteiger partial charge in [-0.05, 0) is 38.0 Å². The number of hydrogen-bond donors (Lipinski definition) is 1. The number of rotatable bonds is 7. The average Bonchev–Trinajstić information content (AvgIpc) is 2.23. The zero-order valence-electron chi connectivity index (χ0n) is 11.9. The molecule has 0 aromatic carbocycles. The zero-order valence-corrected chi connectivity index (χ0v) is 11.9. The first-order valence-corrected chi connectivity index (χ1v) is 6.97. The van der Waals surface area contributed by atoms with E-state index >= 15 is 0 Å². The second-order valence-corrected chi connectivity index (χ2v) is 5.68. The Bertz CT molecular complexity index is 189. The molecule has 1 aliphatic rings. The fourth-order valence-electron chi connectivity index (χ4n) is 2.84. The molecule has 1 N–H and O–H groups in total. The summed E-state index contributed by atoms with van der Waals surface area (Å²) in [6, 6.07) is 0. The van der Waals surface area contributed by atoms with Crippen LogP contribution in [-0.2, 0) is 9.47 Å². The third kappa shape index (κ3) is 6.39. The third-order valence-corrected chi connectivity index (χ3v) is 3.47. The van der Waals surface area contributed by atoms with Crippen molar-refractivity contribution >= 4 is 0 Å². The zero-order chi connectivity index (χ0) is 12.7. The molecular formula is C14H29NO2. The highest BCUT2D eigenvalue weighted by molar-refractivity contribution is 4.76. The van der Waals surface area contributed by atoms with Gasteiger partial charge in [-0.15, -0.1) is 0 Å². The lowest BCUT2D eigenvalue weighted by Crippen LogP contribution is -2.35. The van der Waals surface area contributed by atoms with E-state index in [1.165, 1.54) is 19.3 Å². The molecule has 3 atom stereocenters. The quantitative estimate of drug-likeness (QED) is 0.697. The minimum Gasteiger partial charge on any atom is -0.383 e. The van der Waals surface area contributed by atoms with E-state index in [0.717, 1.165) is 31.5 Å². The molecule has 0 bridgehead atoms. The van der Waals surface area contributed by atoms with Gasteiger partial charge in [-0.1, -0.05) is 13.8 Å². The molecule has 1 fully saturated rings. The van der Waals surface area contributed by atoms with Crippen LogP contribution in [0.25, 0.3) is 0 Å². The number of hydrogen-bond acceptors (Lipinski definition) is 3. The Morgan fingerprint density at radius 2 is 1.82 bits per heavy atom. The SMILES string of the molecule is COCCNCC(C)OC1CC(C)CC(C)C1. The molecule has 1 rings (SSSR count). The van der Waals surface area contributed by atoms with Crippen molar-refractivity contribution in [1.82, 2.24) is 5.32 Å². The highest BCUT2D eigenvalue weighted by atomic mass is 16.5. The Hall–Kier alpha value is -0.120. The van der Waals surface area contributed by atoms with Crippen molar-refractivity contribution in [3.63, 3.8) is 0 Å². The van der Waals surface area contributed by atoms with E-state index in [4.69, 9.17) is 9.47 Å². The van der Waals surface area contributed by atoms with E-state index in [9.17, 15) is 0 Å². The van der Waals surface area contributed by atoms with Gasteiger partial charge in [0.15, 0.2) is 0 Å². The van der Waals surface area contributed by atoms with Crippen LogP contribution in [0.4, 0.5) is 0 Å². The number of methoxy groups -OCH3 is 1. The first kappa shape index (κ1) is 14.9. The highest BCUT2D eigenvalue weighted by Gasteiger charge is 2.25. The van der Waals surface area contributed by atoms with E-state index in [2.05, 4.69) is 26.1 Å². The predicted octanol–water partition coefficient (Wildman–Crippen LogP) is 2.45. The van der Waals surface area contributed by atoms with Crippen molar-refractivity contribution in [3.05, 3.63) is 0 Å². The van der Waals surface area contributed by atoms with Gasteiger partial charge >= 0.3 is 0 Å². The maximum Gasteiger partial charge on any atom is 0.0675 e. The van der Waals surface area contributed by atoms with Crippen LogP contribution in [0, 0.1) is 11.8 Å². The van der Waals surface area contributed by atoms with Crippen LogP contribution in [0.5, 0.6) is 0 Å². The lowest BCUT2D eigenvalue weighted by molar-refractivity contribution is -0.0403. The van der Waals surface area contributed by atoms with Gasteiger partial charge in [0, 0.05) is 20.2 Å². The largest absolute Gasteiger partial charge is 0.383 e. The monoisotopic (exact) mass is 243 g/mol. The summed E-state index contributed by atoms with van der Waals surface area (Å²) in [5.74, 6) is 1.63. The highest BCUT2D eigenvalue weighted by Crippen LogP contribution is 2.30. The molecule has 17 heavy (non-hydrogen) atoms. The molecule has 1 aliphatic carbocycles. The van der Waals surface area contributed by atoms with Gasteiger partial charge < -0.3 is 14.8 Å². The van der Waals surface area contributed by atoms with E-state index in [1.54, 1.807) is 7.11 Å². The van der Waals surface area contributed by atoms with Crippen LogP contribution in [-0.4, -0.2) is 39.0 Å². The summed E-state index contributed by atoms with van der Waals surface area (Å²) < 4.78 is 11.1. The third-order valence-electron chi connectivity index (χ3n) is 3.47. The molecule has 1 saturated carbocycles. The second-order valence-electron chi connectivity index (χ2n) is 5.68. The lowest BCUT2D eigenvalue weighted by atomic mass is 9.82. The molecule has 0 amide bonds. The maximum atomic E-state index is 6.11. The van der Waals surface area contributed by atoms with Gasteiger partial charge in [-0.25, -0.2) is 0 Å². The van der Waals surface area contributed by atoms with E-state index in [1.807, 2.05) is 0 Å². The summed E-state index contributed by atoms with van der Waals surface area (Å²) in [6.07, 6.45) is 4.59. The summed E-state index contributed by atoms with van der Waals surface area (Å²) in [4.78, 5) is 0. The first-order valence-electron chi connectivity index (χ1n) is 6.97. The van der Waals surface area contributed by atoms with Crippen LogP contribution >= 0.6 is 0 Å². The van der Waals surface area contributed by atoms with Gasteiger partial charge in [-0.2, -0.15) is 0 Å². The van der Waals surface area contributed by atoms with Crippen molar-refractivity contribution < 1.29 is 9.47 Å². The van der Waals surface area contributed by atoms with Crippen molar-refractivity contribution in [3.8, 4) is 0 Å². The van der Waals surface area contributed by atoms with Crippen LogP contribution in [0.3, 0.4) is 0 Å². The Balaban J connectivity index is 2.14. The van der Waals surface area contributed by atoms with Crippen LogP contribution < -0.4 is 5.32 Å². The maximum absolute atomic E-state index is 6.11. The molecule has 3 heteroatoms. The summed E-state index contributed by atoms with van der Waals surface area (Å²) in [6.45, 7) is 9.43. The minimum absolute atomic E-state index is 0.300. The van der Waals surface area contributed by atoms with Gasteiger partial charge in [0.25, 0.3) is 0 Å². The van der Waals surface area contributed by atoms with Crippen molar-refractivity contribution in [2.24, 2.45) is 11.8 Å². The van der Waals surface area contributed by atoms with E-state index in [-0.39, 0.29) is 0 Å². The van der Waals surface area contributed by atoms with Crippen LogP contribution in [0.15, 0.2) is 0 Å². The van der Waals surface area contributed by atoms with Crippen LogP contribution in [0.1, 0.15) is 40.0 Å². The Labute approximate surface area is 106 Å². The lowest BCUT2D eigenvalue weighted by Gasteiger charge is -2.33. The molecule has 0 aromatic heterocycles.